The first kappa shape index (κ1) is 13.3. The van der Waals surface area contributed by atoms with Gasteiger partial charge in [0.1, 0.15) is 12.3 Å². The summed E-state index contributed by atoms with van der Waals surface area (Å²) >= 11 is 0. The van der Waals surface area contributed by atoms with Crippen molar-refractivity contribution < 1.29 is 9.26 Å². The summed E-state index contributed by atoms with van der Waals surface area (Å²) in [6.07, 6.45) is 4.65. The molecular formula is C13H19N5O2. The zero-order valence-electron chi connectivity index (χ0n) is 11.6. The quantitative estimate of drug-likeness (QED) is 0.774. The predicted octanol–water partition coefficient (Wildman–Crippen LogP) is 0.960. The minimum Gasteiger partial charge on any atom is -0.377 e. The van der Waals surface area contributed by atoms with E-state index in [4.69, 9.17) is 9.26 Å². The number of ether oxygens (including phenoxy) is 1. The largest absolute Gasteiger partial charge is 0.377 e. The lowest BCUT2D eigenvalue weighted by Crippen LogP contribution is -2.16. The molecule has 0 aromatic carbocycles. The highest BCUT2D eigenvalue weighted by Crippen LogP contribution is 2.27. The van der Waals surface area contributed by atoms with Crippen molar-refractivity contribution in [3.63, 3.8) is 0 Å². The Kier molecular flexibility index (Phi) is 4.08. The molecule has 108 valence electrons. The summed E-state index contributed by atoms with van der Waals surface area (Å²) in [5.74, 6) is 1.59. The molecule has 3 rings (SSSR count). The maximum absolute atomic E-state index is 5.13. The van der Waals surface area contributed by atoms with Crippen molar-refractivity contribution in [2.45, 2.75) is 32.5 Å². The van der Waals surface area contributed by atoms with Crippen LogP contribution in [0.2, 0.25) is 0 Å². The monoisotopic (exact) mass is 277 g/mol. The number of aromatic nitrogens is 4. The van der Waals surface area contributed by atoms with Crippen LogP contribution in [0.25, 0.3) is 0 Å². The fourth-order valence-corrected chi connectivity index (χ4v) is 2.03. The topological polar surface area (TPSA) is 78.0 Å². The Morgan fingerprint density at radius 1 is 1.45 bits per heavy atom. The lowest BCUT2D eigenvalue weighted by molar-refractivity contribution is 0.155. The highest BCUT2D eigenvalue weighted by molar-refractivity contribution is 5.05. The van der Waals surface area contributed by atoms with Crippen LogP contribution in [0.5, 0.6) is 0 Å². The van der Waals surface area contributed by atoms with Crippen LogP contribution in [0.15, 0.2) is 16.8 Å². The van der Waals surface area contributed by atoms with Crippen LogP contribution >= 0.6 is 0 Å². The number of nitrogens with zero attached hydrogens (tertiary/aromatic N) is 4. The van der Waals surface area contributed by atoms with E-state index in [0.717, 1.165) is 30.4 Å². The molecule has 0 saturated heterocycles. The van der Waals surface area contributed by atoms with E-state index in [9.17, 15) is 0 Å². The van der Waals surface area contributed by atoms with E-state index < -0.39 is 0 Å². The minimum absolute atomic E-state index is 0.431. The number of hydrogen-bond acceptors (Lipinski definition) is 6. The van der Waals surface area contributed by atoms with Gasteiger partial charge >= 0.3 is 0 Å². The van der Waals surface area contributed by atoms with E-state index in [-0.39, 0.29) is 0 Å². The summed E-state index contributed by atoms with van der Waals surface area (Å²) in [7, 11) is 1.63. The molecule has 0 radical (unpaired) electrons. The Hall–Kier alpha value is -1.73. The summed E-state index contributed by atoms with van der Waals surface area (Å²) in [4.78, 5) is 0. The van der Waals surface area contributed by atoms with Crippen LogP contribution in [0, 0.1) is 5.92 Å². The molecule has 0 unspecified atom stereocenters. The van der Waals surface area contributed by atoms with Crippen LogP contribution < -0.4 is 5.32 Å². The summed E-state index contributed by atoms with van der Waals surface area (Å²) in [6.45, 7) is 2.84. The molecule has 1 saturated carbocycles. The molecule has 0 bridgehead atoms. The van der Waals surface area contributed by atoms with Gasteiger partial charge in [-0.1, -0.05) is 10.4 Å². The number of rotatable bonds is 8. The Bertz CT molecular complexity index is 546. The van der Waals surface area contributed by atoms with Crippen molar-refractivity contribution >= 4 is 0 Å². The number of methoxy groups -OCH3 is 1. The van der Waals surface area contributed by atoms with Gasteiger partial charge in [-0.25, -0.2) is 4.68 Å². The zero-order valence-corrected chi connectivity index (χ0v) is 11.6. The smallest absolute Gasteiger partial charge is 0.162 e. The highest BCUT2D eigenvalue weighted by Gasteiger charge is 2.20. The van der Waals surface area contributed by atoms with Gasteiger partial charge in [-0.05, 0) is 25.3 Å². The highest BCUT2D eigenvalue weighted by atomic mass is 16.5. The molecule has 20 heavy (non-hydrogen) atoms. The second kappa shape index (κ2) is 6.15. The molecule has 1 aliphatic carbocycles. The fourth-order valence-electron chi connectivity index (χ4n) is 2.03. The molecule has 0 amide bonds. The van der Waals surface area contributed by atoms with Gasteiger partial charge in [-0.15, -0.1) is 5.10 Å². The molecule has 1 fully saturated rings. The Labute approximate surface area is 117 Å². The summed E-state index contributed by atoms with van der Waals surface area (Å²) in [5, 5.41) is 15.6. The number of hydrogen-bond donors (Lipinski definition) is 1. The van der Waals surface area contributed by atoms with Crippen LogP contribution in [-0.4, -0.2) is 33.8 Å². The molecule has 0 atom stereocenters. The first-order chi connectivity index (χ1) is 9.83. The van der Waals surface area contributed by atoms with Crippen molar-refractivity contribution in [3.05, 3.63) is 29.4 Å². The molecule has 0 spiro atoms. The summed E-state index contributed by atoms with van der Waals surface area (Å²) in [6, 6.07) is 1.87. The van der Waals surface area contributed by atoms with Gasteiger partial charge in [0.15, 0.2) is 5.76 Å². The molecule has 7 heteroatoms. The van der Waals surface area contributed by atoms with Crippen molar-refractivity contribution in [1.82, 2.24) is 25.5 Å². The average Bonchev–Trinajstić information content (AvgIpc) is 2.98. The third kappa shape index (κ3) is 3.64. The van der Waals surface area contributed by atoms with Crippen molar-refractivity contribution in [1.29, 1.82) is 0 Å². The minimum atomic E-state index is 0.431. The predicted molar refractivity (Wildman–Crippen MR) is 70.8 cm³/mol. The van der Waals surface area contributed by atoms with Crippen LogP contribution in [0.3, 0.4) is 0 Å². The molecular weight excluding hydrogens is 258 g/mol. The lowest BCUT2D eigenvalue weighted by Gasteiger charge is -1.98. The van der Waals surface area contributed by atoms with Crippen LogP contribution in [-0.2, 0) is 24.4 Å². The molecule has 2 heterocycles. The van der Waals surface area contributed by atoms with Gasteiger partial charge < -0.3 is 14.6 Å². The SMILES string of the molecule is COCc1cc(Cn2cc(CNCC3CC3)nn2)no1. The summed E-state index contributed by atoms with van der Waals surface area (Å²) in [5.41, 5.74) is 1.77. The molecule has 7 nitrogen and oxygen atoms in total. The van der Waals surface area contributed by atoms with Crippen LogP contribution in [0.4, 0.5) is 0 Å². The molecule has 1 aliphatic rings. The maximum Gasteiger partial charge on any atom is 0.162 e. The Morgan fingerprint density at radius 2 is 2.35 bits per heavy atom. The third-order valence-electron chi connectivity index (χ3n) is 3.24. The second-order valence-corrected chi connectivity index (χ2v) is 5.20. The van der Waals surface area contributed by atoms with Crippen molar-refractivity contribution in [2.24, 2.45) is 5.92 Å². The Morgan fingerprint density at radius 3 is 3.15 bits per heavy atom. The number of nitrogens with one attached hydrogen (secondary N) is 1. The molecule has 0 aliphatic heterocycles. The van der Waals surface area contributed by atoms with Gasteiger partial charge in [-0.3, -0.25) is 0 Å². The van der Waals surface area contributed by atoms with E-state index >= 15 is 0 Å². The van der Waals surface area contributed by atoms with E-state index in [0.29, 0.717) is 18.9 Å². The van der Waals surface area contributed by atoms with Gasteiger partial charge in [0.05, 0.1) is 18.4 Å². The normalized spacial score (nSPS) is 14.8. The first-order valence-electron chi connectivity index (χ1n) is 6.86. The van der Waals surface area contributed by atoms with Gasteiger partial charge in [0.25, 0.3) is 0 Å². The first-order valence-corrected chi connectivity index (χ1v) is 6.86. The molecule has 1 N–H and O–H groups in total. The van der Waals surface area contributed by atoms with E-state index in [1.54, 1.807) is 11.8 Å². The fraction of sp³-hybridized carbons (Fsp3) is 0.615. The lowest BCUT2D eigenvalue weighted by atomic mass is 10.3. The Balaban J connectivity index is 1.49. The van der Waals surface area contributed by atoms with E-state index in [2.05, 4.69) is 20.8 Å². The maximum atomic E-state index is 5.13. The van der Waals surface area contributed by atoms with E-state index in [1.165, 1.54) is 12.8 Å². The van der Waals surface area contributed by atoms with Crippen LogP contribution in [0.1, 0.15) is 30.0 Å². The zero-order chi connectivity index (χ0) is 13.8. The average molecular weight is 277 g/mol. The van der Waals surface area contributed by atoms with Gasteiger partial charge in [0, 0.05) is 19.7 Å². The molecule has 2 aromatic heterocycles. The van der Waals surface area contributed by atoms with Gasteiger partial charge in [-0.2, -0.15) is 0 Å². The second-order valence-electron chi connectivity index (χ2n) is 5.20. The van der Waals surface area contributed by atoms with E-state index in [1.807, 2.05) is 12.3 Å². The van der Waals surface area contributed by atoms with Crippen molar-refractivity contribution in [3.8, 4) is 0 Å². The summed E-state index contributed by atoms with van der Waals surface area (Å²) < 4.78 is 11.9. The molecule has 2 aromatic rings. The standard InChI is InChI=1S/C13H19N5O2/c1-19-9-13-4-11(16-20-13)7-18-8-12(15-17-18)6-14-5-10-2-3-10/h4,8,10,14H,2-3,5-7,9H2,1H3. The third-order valence-corrected chi connectivity index (χ3v) is 3.24. The van der Waals surface area contributed by atoms with Gasteiger partial charge in [0.2, 0.25) is 0 Å². The van der Waals surface area contributed by atoms with Crippen molar-refractivity contribution in [2.75, 3.05) is 13.7 Å².